The van der Waals surface area contributed by atoms with Crippen LogP contribution in [0.15, 0.2) is 97.1 Å². The van der Waals surface area contributed by atoms with Gasteiger partial charge in [-0.25, -0.2) is 0 Å². The van der Waals surface area contributed by atoms with Crippen LogP contribution >= 0.6 is 0 Å². The van der Waals surface area contributed by atoms with E-state index >= 15 is 0 Å². The van der Waals surface area contributed by atoms with Crippen LogP contribution in [0.25, 0.3) is 11.1 Å². The molecular weight excluding hydrogens is 681 g/mol. The molecule has 4 heterocycles. The molecule has 0 saturated carbocycles. The zero-order chi connectivity index (χ0) is 37.2. The number of nitrogens with zero attached hydrogens (tertiary/aromatic N) is 3. The average Bonchev–Trinajstić information content (AvgIpc) is 3.88. The highest BCUT2D eigenvalue weighted by Crippen LogP contribution is 2.37. The second-order valence-corrected chi connectivity index (χ2v) is 14.6. The number of amides is 3. The Morgan fingerprint density at radius 3 is 2.09 bits per heavy atom. The molecule has 2 bridgehead atoms. The first kappa shape index (κ1) is 35.6. The number of phenolic OH excluding ortho intramolecular Hbond substituents is 1. The van der Waals surface area contributed by atoms with Gasteiger partial charge in [0.15, 0.2) is 0 Å². The van der Waals surface area contributed by atoms with Crippen LogP contribution < -0.4 is 14.8 Å². The van der Waals surface area contributed by atoms with Gasteiger partial charge in [-0.2, -0.15) is 0 Å². The van der Waals surface area contributed by atoms with Gasteiger partial charge >= 0.3 is 0 Å². The van der Waals surface area contributed by atoms with Gasteiger partial charge in [0.1, 0.15) is 36.5 Å². The van der Waals surface area contributed by atoms with E-state index in [4.69, 9.17) is 9.47 Å². The van der Waals surface area contributed by atoms with Crippen molar-refractivity contribution in [3.05, 3.63) is 125 Å². The number of nitrogens with one attached hydrogen (secondary N) is 1. The van der Waals surface area contributed by atoms with E-state index in [1.165, 1.54) is 11.1 Å². The predicted molar refractivity (Wildman–Crippen MR) is 206 cm³/mol. The first-order valence-corrected chi connectivity index (χ1v) is 19.0. The maximum absolute atomic E-state index is 13.2. The van der Waals surface area contributed by atoms with Gasteiger partial charge < -0.3 is 19.5 Å². The zero-order valence-corrected chi connectivity index (χ0v) is 30.6. The third-order valence-corrected chi connectivity index (χ3v) is 11.4. The molecule has 0 aromatic heterocycles. The number of likely N-dealkylation sites (tertiary alicyclic amines) is 2. The number of hydrogen-bond donors (Lipinski definition) is 2. The Labute approximate surface area is 316 Å². The number of carbonyl (C=O) groups excluding carboxylic acids is 3. The molecule has 4 aromatic carbocycles. The number of piperidine rings is 1. The lowest BCUT2D eigenvalue weighted by Gasteiger charge is -2.34. The van der Waals surface area contributed by atoms with E-state index in [2.05, 4.69) is 70.6 Å². The minimum Gasteiger partial charge on any atom is -0.508 e. The molecule has 0 spiro atoms. The summed E-state index contributed by atoms with van der Waals surface area (Å²) in [6.07, 6.45) is 2.57. The van der Waals surface area contributed by atoms with Crippen LogP contribution in [0.3, 0.4) is 0 Å². The Morgan fingerprint density at radius 1 is 0.778 bits per heavy atom. The standard InChI is InChI=1S/C44H46N4O6/c1-2-36(29-7-4-3-5-8-29)42(30-11-15-34(49)16-12-30)31-13-17-35(18-14-31)53-23-21-46-26-33-25-32(46)27-47(33)22-24-54-40-10-6-9-37-38(40)28-48(44(37)52)39-19-20-41(50)45-43(39)51/h3-18,32-33,39,49H,2,19-28H2,1H3,(H,45,50,51)/b42-36-. The van der Waals surface area contributed by atoms with Crippen LogP contribution in [0.1, 0.15) is 65.2 Å². The molecule has 4 aliphatic rings. The normalized spacial score (nSPS) is 21.6. The Bertz CT molecular complexity index is 2050. The minimum atomic E-state index is -0.642. The molecule has 3 fully saturated rings. The summed E-state index contributed by atoms with van der Waals surface area (Å²) in [7, 11) is 0. The summed E-state index contributed by atoms with van der Waals surface area (Å²) >= 11 is 0. The topological polar surface area (TPSA) is 112 Å². The number of aromatic hydroxyl groups is 1. The summed E-state index contributed by atoms with van der Waals surface area (Å²) < 4.78 is 12.5. The molecule has 4 aromatic rings. The Balaban J connectivity index is 0.825. The number of ether oxygens (including phenoxy) is 2. The number of benzene rings is 4. The predicted octanol–water partition coefficient (Wildman–Crippen LogP) is 5.74. The molecule has 10 nitrogen and oxygen atoms in total. The summed E-state index contributed by atoms with van der Waals surface area (Å²) in [5, 5.41) is 12.3. The van der Waals surface area contributed by atoms with Crippen molar-refractivity contribution in [1.82, 2.24) is 20.0 Å². The Kier molecular flexibility index (Phi) is 10.2. The second kappa shape index (κ2) is 15.5. The van der Waals surface area contributed by atoms with Crippen LogP contribution in [-0.2, 0) is 16.1 Å². The van der Waals surface area contributed by atoms with Crippen molar-refractivity contribution in [2.75, 3.05) is 39.4 Å². The van der Waals surface area contributed by atoms with Gasteiger partial charge in [-0.3, -0.25) is 29.5 Å². The molecule has 3 unspecified atom stereocenters. The highest BCUT2D eigenvalue weighted by atomic mass is 16.5. The van der Waals surface area contributed by atoms with Gasteiger partial charge in [-0.1, -0.05) is 67.6 Å². The van der Waals surface area contributed by atoms with E-state index in [-0.39, 0.29) is 24.0 Å². The third kappa shape index (κ3) is 7.23. The number of imide groups is 1. The first-order valence-electron chi connectivity index (χ1n) is 19.0. The maximum Gasteiger partial charge on any atom is 0.255 e. The van der Waals surface area contributed by atoms with E-state index in [9.17, 15) is 19.5 Å². The van der Waals surface area contributed by atoms with Crippen molar-refractivity contribution in [2.24, 2.45) is 0 Å². The largest absolute Gasteiger partial charge is 0.508 e. The summed E-state index contributed by atoms with van der Waals surface area (Å²) in [5.74, 6) is 0.886. The van der Waals surface area contributed by atoms with Crippen LogP contribution in [0, 0.1) is 0 Å². The highest BCUT2D eigenvalue weighted by Gasteiger charge is 2.43. The fourth-order valence-electron chi connectivity index (χ4n) is 8.65. The number of allylic oxidation sites excluding steroid dienone is 1. The molecule has 54 heavy (non-hydrogen) atoms. The van der Waals surface area contributed by atoms with Crippen molar-refractivity contribution >= 4 is 28.9 Å². The molecule has 0 aliphatic carbocycles. The molecule has 3 amide bonds. The summed E-state index contributed by atoms with van der Waals surface area (Å²) in [6, 6.07) is 32.1. The molecule has 3 atom stereocenters. The summed E-state index contributed by atoms with van der Waals surface area (Å²) in [4.78, 5) is 43.9. The molecule has 278 valence electrons. The van der Waals surface area contributed by atoms with Crippen LogP contribution in [0.5, 0.6) is 17.2 Å². The number of fused-ring (bicyclic) bond motifs is 3. The van der Waals surface area contributed by atoms with Crippen molar-refractivity contribution in [1.29, 1.82) is 0 Å². The smallest absolute Gasteiger partial charge is 0.255 e. The maximum atomic E-state index is 13.2. The van der Waals surface area contributed by atoms with Gasteiger partial charge in [0.05, 0.1) is 6.54 Å². The van der Waals surface area contributed by atoms with Crippen LogP contribution in [0.2, 0.25) is 0 Å². The molecule has 10 heteroatoms. The number of carbonyl (C=O) groups is 3. The SMILES string of the molecule is CC/C(=C(\c1ccc(O)cc1)c1ccc(OCCN2CC3CC2CN3CCOc2cccc3c2CN(C2CCC(=O)NC2=O)C3=O)cc1)c1ccccc1. The molecule has 2 N–H and O–H groups in total. The van der Waals surface area contributed by atoms with E-state index < -0.39 is 11.9 Å². The molecule has 4 aliphatic heterocycles. The second-order valence-electron chi connectivity index (χ2n) is 14.6. The first-order chi connectivity index (χ1) is 26.4. The number of piperazine rings is 1. The minimum absolute atomic E-state index is 0.191. The number of rotatable bonds is 13. The fourth-order valence-corrected chi connectivity index (χ4v) is 8.65. The van der Waals surface area contributed by atoms with E-state index in [1.54, 1.807) is 23.1 Å². The van der Waals surface area contributed by atoms with E-state index in [0.29, 0.717) is 49.6 Å². The van der Waals surface area contributed by atoms with Gasteiger partial charge in [0, 0.05) is 55.8 Å². The Hall–Kier alpha value is -5.45. The van der Waals surface area contributed by atoms with Gasteiger partial charge in [0.2, 0.25) is 11.8 Å². The van der Waals surface area contributed by atoms with Crippen LogP contribution in [-0.4, -0.2) is 95.0 Å². The number of phenols is 1. The van der Waals surface area contributed by atoms with Crippen molar-refractivity contribution in [3.8, 4) is 17.2 Å². The third-order valence-electron chi connectivity index (χ3n) is 11.4. The quantitative estimate of drug-likeness (QED) is 0.133. The fraction of sp³-hybridized carbons (Fsp3) is 0.341. The summed E-state index contributed by atoms with van der Waals surface area (Å²) in [6.45, 7) is 7.28. The molecule has 3 saturated heterocycles. The number of hydrogen-bond acceptors (Lipinski definition) is 8. The monoisotopic (exact) mass is 726 g/mol. The van der Waals surface area contributed by atoms with E-state index in [0.717, 1.165) is 67.0 Å². The van der Waals surface area contributed by atoms with Crippen LogP contribution in [0.4, 0.5) is 0 Å². The van der Waals surface area contributed by atoms with Gasteiger partial charge in [-0.15, -0.1) is 0 Å². The average molecular weight is 727 g/mol. The van der Waals surface area contributed by atoms with Gasteiger partial charge in [-0.05, 0) is 83.5 Å². The highest BCUT2D eigenvalue weighted by molar-refractivity contribution is 6.05. The molecule has 0 radical (unpaired) electrons. The molecular formula is C44H46N4O6. The van der Waals surface area contributed by atoms with Crippen molar-refractivity contribution < 1.29 is 29.0 Å². The lowest BCUT2D eigenvalue weighted by Crippen LogP contribution is -2.52. The Morgan fingerprint density at radius 2 is 1.44 bits per heavy atom. The molecule has 8 rings (SSSR count). The lowest BCUT2D eigenvalue weighted by atomic mass is 9.88. The summed E-state index contributed by atoms with van der Waals surface area (Å²) in [5.41, 5.74) is 7.13. The lowest BCUT2D eigenvalue weighted by molar-refractivity contribution is -0.136. The van der Waals surface area contributed by atoms with E-state index in [1.807, 2.05) is 30.3 Å². The van der Waals surface area contributed by atoms with Crippen molar-refractivity contribution in [3.63, 3.8) is 0 Å². The van der Waals surface area contributed by atoms with Gasteiger partial charge in [0.25, 0.3) is 5.91 Å². The zero-order valence-electron chi connectivity index (χ0n) is 30.6. The van der Waals surface area contributed by atoms with Crippen molar-refractivity contribution in [2.45, 2.75) is 57.3 Å².